The van der Waals surface area contributed by atoms with E-state index in [-0.39, 0.29) is 23.9 Å². The zero-order chi connectivity index (χ0) is 20.9. The first-order valence-electron chi connectivity index (χ1n) is 10.8. The van der Waals surface area contributed by atoms with E-state index in [1.165, 1.54) is 0 Å². The highest BCUT2D eigenvalue weighted by atomic mass is 19.1. The van der Waals surface area contributed by atoms with Gasteiger partial charge in [0.1, 0.15) is 12.0 Å². The molecule has 1 saturated carbocycles. The quantitative estimate of drug-likeness (QED) is 0.635. The SMILES string of the molecule is CCOC(=O)C1=CN(C2CC2)C2NC(N3CC(CN)C4(C3)OCCO4)=C(F)C=C2C1. The number of ether oxygens (including phenoxy) is 3. The normalized spacial score (nSPS) is 30.2. The number of fused-ring (bicyclic) bond motifs is 1. The van der Waals surface area contributed by atoms with Crippen LogP contribution in [0.3, 0.4) is 0 Å². The third-order valence-electron chi connectivity index (χ3n) is 6.52. The van der Waals surface area contributed by atoms with E-state index in [1.54, 1.807) is 13.0 Å². The average Bonchev–Trinajstić information content (AvgIpc) is 3.38. The van der Waals surface area contributed by atoms with Gasteiger partial charge in [-0.2, -0.15) is 0 Å². The van der Waals surface area contributed by atoms with Crippen LogP contribution in [-0.2, 0) is 19.0 Å². The van der Waals surface area contributed by atoms with Crippen LogP contribution in [0.15, 0.2) is 35.1 Å². The molecule has 0 aromatic rings. The molecule has 2 atom stereocenters. The first kappa shape index (κ1) is 19.8. The Morgan fingerprint density at radius 3 is 2.83 bits per heavy atom. The highest BCUT2D eigenvalue weighted by molar-refractivity contribution is 5.89. The molecule has 5 rings (SSSR count). The highest BCUT2D eigenvalue weighted by Crippen LogP contribution is 2.41. The van der Waals surface area contributed by atoms with Gasteiger partial charge in [0.25, 0.3) is 0 Å². The summed E-state index contributed by atoms with van der Waals surface area (Å²) in [5.74, 6) is -1.01. The minimum atomic E-state index is -0.757. The predicted molar refractivity (Wildman–Crippen MR) is 106 cm³/mol. The molecule has 1 aliphatic carbocycles. The summed E-state index contributed by atoms with van der Waals surface area (Å²) in [4.78, 5) is 16.4. The Kier molecular flexibility index (Phi) is 4.99. The van der Waals surface area contributed by atoms with Crippen molar-refractivity contribution in [3.63, 3.8) is 0 Å². The Balaban J connectivity index is 1.41. The predicted octanol–water partition coefficient (Wildman–Crippen LogP) is 0.929. The molecule has 5 aliphatic rings. The molecule has 30 heavy (non-hydrogen) atoms. The maximum absolute atomic E-state index is 15.2. The maximum atomic E-state index is 15.2. The Morgan fingerprint density at radius 1 is 1.40 bits per heavy atom. The minimum absolute atomic E-state index is 0.0197. The molecule has 0 bridgehead atoms. The summed E-state index contributed by atoms with van der Waals surface area (Å²) < 4.78 is 32.2. The zero-order valence-corrected chi connectivity index (χ0v) is 17.2. The Morgan fingerprint density at radius 2 is 2.17 bits per heavy atom. The van der Waals surface area contributed by atoms with Crippen LogP contribution in [0.25, 0.3) is 0 Å². The third-order valence-corrected chi connectivity index (χ3v) is 6.52. The van der Waals surface area contributed by atoms with Gasteiger partial charge in [0.05, 0.1) is 31.9 Å². The number of carbonyl (C=O) groups excluding carboxylic acids is 1. The highest BCUT2D eigenvalue weighted by Gasteiger charge is 2.52. The molecule has 4 heterocycles. The second-order valence-electron chi connectivity index (χ2n) is 8.51. The van der Waals surface area contributed by atoms with Crippen LogP contribution in [0, 0.1) is 5.92 Å². The van der Waals surface area contributed by atoms with Crippen LogP contribution in [0.5, 0.6) is 0 Å². The molecule has 2 unspecified atom stereocenters. The number of dihydropyridines is 1. The van der Waals surface area contributed by atoms with E-state index in [9.17, 15) is 4.79 Å². The second kappa shape index (κ2) is 7.55. The fraction of sp³-hybridized carbons (Fsp3) is 0.667. The van der Waals surface area contributed by atoms with Crippen molar-refractivity contribution in [3.8, 4) is 0 Å². The van der Waals surface area contributed by atoms with Gasteiger partial charge >= 0.3 is 5.97 Å². The number of nitrogens with zero attached hydrogens (tertiary/aromatic N) is 2. The minimum Gasteiger partial charge on any atom is -0.463 e. The van der Waals surface area contributed by atoms with Crippen LogP contribution in [0.2, 0.25) is 0 Å². The number of allylic oxidation sites excluding steroid dienone is 2. The molecule has 1 spiro atoms. The van der Waals surface area contributed by atoms with Crippen molar-refractivity contribution in [2.24, 2.45) is 11.7 Å². The molecule has 0 aromatic heterocycles. The van der Waals surface area contributed by atoms with Gasteiger partial charge in [-0.1, -0.05) is 0 Å². The lowest BCUT2D eigenvalue weighted by atomic mass is 9.95. The van der Waals surface area contributed by atoms with E-state index in [0.29, 0.717) is 63.3 Å². The van der Waals surface area contributed by atoms with Crippen LogP contribution in [-0.4, -0.2) is 73.2 Å². The Hall–Kier alpha value is -2.10. The molecular weight excluding hydrogens is 391 g/mol. The average molecular weight is 420 g/mol. The van der Waals surface area contributed by atoms with Gasteiger partial charge in [-0.05, 0) is 31.4 Å². The monoisotopic (exact) mass is 420 g/mol. The summed E-state index contributed by atoms with van der Waals surface area (Å²) >= 11 is 0. The van der Waals surface area contributed by atoms with E-state index < -0.39 is 5.79 Å². The van der Waals surface area contributed by atoms with E-state index in [0.717, 1.165) is 18.4 Å². The van der Waals surface area contributed by atoms with E-state index >= 15 is 4.39 Å². The number of hydrogen-bond acceptors (Lipinski definition) is 8. The number of hydrogen-bond donors (Lipinski definition) is 2. The molecule has 0 radical (unpaired) electrons. The van der Waals surface area contributed by atoms with Crippen molar-refractivity contribution in [3.05, 3.63) is 35.1 Å². The summed E-state index contributed by atoms with van der Waals surface area (Å²) in [7, 11) is 0. The second-order valence-corrected chi connectivity index (χ2v) is 8.51. The molecule has 3 fully saturated rings. The van der Waals surface area contributed by atoms with Gasteiger partial charge in [0.15, 0.2) is 11.6 Å². The number of likely N-dealkylation sites (tertiary alicyclic amines) is 1. The molecule has 2 saturated heterocycles. The van der Waals surface area contributed by atoms with Crippen molar-refractivity contribution in [1.29, 1.82) is 0 Å². The Labute approximate surface area is 175 Å². The number of rotatable bonds is 5. The van der Waals surface area contributed by atoms with E-state index in [1.807, 2.05) is 11.1 Å². The fourth-order valence-corrected chi connectivity index (χ4v) is 4.90. The van der Waals surface area contributed by atoms with Crippen LogP contribution >= 0.6 is 0 Å². The van der Waals surface area contributed by atoms with Gasteiger partial charge < -0.3 is 35.1 Å². The summed E-state index contributed by atoms with van der Waals surface area (Å²) in [6.07, 6.45) is 5.78. The summed E-state index contributed by atoms with van der Waals surface area (Å²) in [5.41, 5.74) is 7.38. The topological polar surface area (TPSA) is 89.3 Å². The van der Waals surface area contributed by atoms with Crippen LogP contribution in [0.4, 0.5) is 4.39 Å². The first-order chi connectivity index (χ1) is 14.5. The zero-order valence-electron chi connectivity index (χ0n) is 17.2. The molecule has 164 valence electrons. The molecule has 9 heteroatoms. The Bertz CT molecular complexity index is 816. The number of nitrogens with one attached hydrogen (secondary N) is 1. The van der Waals surface area contributed by atoms with Crippen molar-refractivity contribution >= 4 is 5.97 Å². The molecule has 0 amide bonds. The number of halogens is 1. The van der Waals surface area contributed by atoms with E-state index in [4.69, 9.17) is 19.9 Å². The lowest BCUT2D eigenvalue weighted by Gasteiger charge is -2.42. The lowest BCUT2D eigenvalue weighted by Crippen LogP contribution is -2.52. The van der Waals surface area contributed by atoms with Gasteiger partial charge in [0.2, 0.25) is 0 Å². The third kappa shape index (κ3) is 3.29. The molecule has 3 N–H and O–H groups in total. The van der Waals surface area contributed by atoms with Gasteiger partial charge in [-0.25, -0.2) is 9.18 Å². The number of carbonyl (C=O) groups is 1. The van der Waals surface area contributed by atoms with Gasteiger partial charge in [-0.15, -0.1) is 0 Å². The van der Waals surface area contributed by atoms with Crippen molar-refractivity contribution < 1.29 is 23.4 Å². The largest absolute Gasteiger partial charge is 0.463 e. The fourth-order valence-electron chi connectivity index (χ4n) is 4.90. The number of esters is 1. The lowest BCUT2D eigenvalue weighted by molar-refractivity contribution is -0.170. The van der Waals surface area contributed by atoms with Crippen LogP contribution < -0.4 is 11.1 Å². The van der Waals surface area contributed by atoms with Gasteiger partial charge in [0, 0.05) is 37.7 Å². The molecule has 0 aromatic carbocycles. The van der Waals surface area contributed by atoms with Crippen molar-refractivity contribution in [1.82, 2.24) is 15.1 Å². The summed E-state index contributed by atoms with van der Waals surface area (Å²) in [5, 5.41) is 3.40. The maximum Gasteiger partial charge on any atom is 0.335 e. The molecule has 8 nitrogen and oxygen atoms in total. The first-order valence-corrected chi connectivity index (χ1v) is 10.8. The standard InChI is InChI=1S/C21H29FN4O4/c1-2-28-20(27)14-7-13-8-17(22)19(24-18(13)26(10-14)16-3-4-16)25-11-15(9-23)21(12-25)29-5-6-30-21/h8,10,15-16,18,24H,2-7,9,11-12,23H2,1H3. The number of nitrogens with two attached hydrogens (primary N) is 1. The van der Waals surface area contributed by atoms with Crippen molar-refractivity contribution in [2.75, 3.05) is 39.5 Å². The molecule has 4 aliphatic heterocycles. The van der Waals surface area contributed by atoms with Crippen molar-refractivity contribution in [2.45, 2.75) is 44.2 Å². The van der Waals surface area contributed by atoms with Gasteiger partial charge in [-0.3, -0.25) is 0 Å². The van der Waals surface area contributed by atoms with E-state index in [2.05, 4.69) is 10.2 Å². The molecular formula is C21H29FN4O4. The smallest absolute Gasteiger partial charge is 0.335 e. The summed E-state index contributed by atoms with van der Waals surface area (Å²) in [6.45, 7) is 4.58. The van der Waals surface area contributed by atoms with Crippen LogP contribution in [0.1, 0.15) is 26.2 Å². The summed E-state index contributed by atoms with van der Waals surface area (Å²) in [6, 6.07) is 0.348.